The number of rotatable bonds is 2. The molecule has 7 nitrogen and oxygen atoms in total. The fourth-order valence-corrected chi connectivity index (χ4v) is 3.35. The van der Waals surface area contributed by atoms with Crippen molar-refractivity contribution in [1.82, 2.24) is 20.0 Å². The molecule has 3 rings (SSSR count). The van der Waals surface area contributed by atoms with E-state index in [1.54, 1.807) is 7.05 Å². The van der Waals surface area contributed by atoms with Crippen LogP contribution in [0, 0.1) is 0 Å². The third-order valence-electron chi connectivity index (χ3n) is 4.44. The third kappa shape index (κ3) is 2.34. The number of carbonyl (C=O) groups excluding carboxylic acids is 2. The molecule has 3 amide bonds. The highest BCUT2D eigenvalue weighted by molar-refractivity contribution is 6.03. The average molecular weight is 293 g/mol. The number of fused-ring (bicyclic) bond motifs is 1. The van der Waals surface area contributed by atoms with Crippen molar-refractivity contribution < 1.29 is 9.59 Å². The predicted molar refractivity (Wildman–Crippen MR) is 78.7 cm³/mol. The van der Waals surface area contributed by atoms with Crippen LogP contribution in [0.3, 0.4) is 0 Å². The lowest BCUT2D eigenvalue weighted by Gasteiger charge is -2.38. The van der Waals surface area contributed by atoms with E-state index in [2.05, 4.69) is 22.0 Å². The topological polar surface area (TPSA) is 68.2 Å². The average Bonchev–Trinajstić information content (AvgIpc) is 2.86. The van der Waals surface area contributed by atoms with Crippen LogP contribution in [0.25, 0.3) is 0 Å². The molecule has 2 atom stereocenters. The molecule has 0 aromatic rings. The van der Waals surface area contributed by atoms with Gasteiger partial charge in [0.25, 0.3) is 5.91 Å². The second-order valence-electron chi connectivity index (χ2n) is 5.93. The highest BCUT2D eigenvalue weighted by Gasteiger charge is 2.49. The Bertz CT molecular complexity index is 472. The summed E-state index contributed by atoms with van der Waals surface area (Å²) in [5.74, 6) is 0.663. The molecule has 0 radical (unpaired) electrons. The number of hydrogen-bond donors (Lipinski definition) is 1. The summed E-state index contributed by atoms with van der Waals surface area (Å²) in [6.45, 7) is 4.85. The predicted octanol–water partition coefficient (Wildman–Crippen LogP) is 0.430. The number of nitrogens with zero attached hydrogens (tertiary/aromatic N) is 4. The minimum atomic E-state index is -0.394. The molecule has 21 heavy (non-hydrogen) atoms. The van der Waals surface area contributed by atoms with Crippen molar-refractivity contribution in [3.63, 3.8) is 0 Å². The number of nitrogens with one attached hydrogen (secondary N) is 1. The summed E-state index contributed by atoms with van der Waals surface area (Å²) >= 11 is 0. The highest BCUT2D eigenvalue weighted by Crippen LogP contribution is 2.26. The SMILES string of the molecule is CCCN1C(N2CCCCC2)=NC2C1C(=O)NC(=O)N2C. The van der Waals surface area contributed by atoms with E-state index < -0.39 is 6.17 Å². The van der Waals surface area contributed by atoms with E-state index in [0.717, 1.165) is 44.9 Å². The van der Waals surface area contributed by atoms with Gasteiger partial charge in [0.15, 0.2) is 18.2 Å². The number of urea groups is 1. The first-order valence-corrected chi connectivity index (χ1v) is 7.80. The van der Waals surface area contributed by atoms with Crippen molar-refractivity contribution in [3.05, 3.63) is 0 Å². The van der Waals surface area contributed by atoms with Gasteiger partial charge in [0.2, 0.25) is 0 Å². The Morgan fingerprint density at radius 1 is 1.24 bits per heavy atom. The molecule has 0 spiro atoms. The van der Waals surface area contributed by atoms with Crippen LogP contribution in [0.5, 0.6) is 0 Å². The molecule has 0 saturated carbocycles. The molecular formula is C14H23N5O2. The minimum absolute atomic E-state index is 0.229. The van der Waals surface area contributed by atoms with Crippen LogP contribution >= 0.6 is 0 Å². The van der Waals surface area contributed by atoms with E-state index in [-0.39, 0.29) is 18.0 Å². The van der Waals surface area contributed by atoms with Crippen LogP contribution in [-0.4, -0.2) is 71.5 Å². The highest BCUT2D eigenvalue weighted by atomic mass is 16.2. The lowest BCUT2D eigenvalue weighted by Crippen LogP contribution is -2.64. The first-order valence-electron chi connectivity index (χ1n) is 7.80. The number of amides is 3. The van der Waals surface area contributed by atoms with Gasteiger partial charge in [0, 0.05) is 26.7 Å². The van der Waals surface area contributed by atoms with Crippen molar-refractivity contribution >= 4 is 17.9 Å². The zero-order chi connectivity index (χ0) is 15.0. The number of carbonyl (C=O) groups is 2. The third-order valence-corrected chi connectivity index (χ3v) is 4.44. The molecule has 0 aromatic carbocycles. The fourth-order valence-electron chi connectivity index (χ4n) is 3.35. The van der Waals surface area contributed by atoms with Crippen molar-refractivity contribution in [3.8, 4) is 0 Å². The maximum absolute atomic E-state index is 12.3. The van der Waals surface area contributed by atoms with Crippen molar-refractivity contribution in [2.45, 2.75) is 44.8 Å². The van der Waals surface area contributed by atoms with E-state index in [0.29, 0.717) is 0 Å². The van der Waals surface area contributed by atoms with Crippen LogP contribution in [-0.2, 0) is 4.79 Å². The van der Waals surface area contributed by atoms with E-state index in [1.165, 1.54) is 11.3 Å². The maximum atomic E-state index is 12.3. The fraction of sp³-hybridized carbons (Fsp3) is 0.786. The number of likely N-dealkylation sites (N-methyl/N-ethyl adjacent to an activating group) is 1. The molecule has 0 bridgehead atoms. The van der Waals surface area contributed by atoms with E-state index >= 15 is 0 Å². The summed E-state index contributed by atoms with van der Waals surface area (Å²) in [6.07, 6.45) is 4.13. The van der Waals surface area contributed by atoms with Gasteiger partial charge < -0.3 is 14.7 Å². The second-order valence-corrected chi connectivity index (χ2v) is 5.93. The Kier molecular flexibility index (Phi) is 3.73. The Morgan fingerprint density at radius 3 is 2.62 bits per heavy atom. The van der Waals surface area contributed by atoms with Gasteiger partial charge in [-0.15, -0.1) is 0 Å². The van der Waals surface area contributed by atoms with Crippen LogP contribution < -0.4 is 5.32 Å². The zero-order valence-electron chi connectivity index (χ0n) is 12.7. The number of aliphatic imine (C=N–C) groups is 1. The summed E-state index contributed by atoms with van der Waals surface area (Å²) in [4.78, 5) is 34.6. The molecular weight excluding hydrogens is 270 g/mol. The van der Waals surface area contributed by atoms with Gasteiger partial charge >= 0.3 is 6.03 Å². The lowest BCUT2D eigenvalue weighted by atomic mass is 10.1. The minimum Gasteiger partial charge on any atom is -0.343 e. The largest absolute Gasteiger partial charge is 0.343 e. The second kappa shape index (κ2) is 5.54. The van der Waals surface area contributed by atoms with Crippen LogP contribution in [0.15, 0.2) is 4.99 Å². The summed E-state index contributed by atoms with van der Waals surface area (Å²) in [7, 11) is 1.70. The monoisotopic (exact) mass is 293 g/mol. The summed E-state index contributed by atoms with van der Waals surface area (Å²) in [6, 6.07) is -0.745. The van der Waals surface area contributed by atoms with Gasteiger partial charge in [-0.05, 0) is 25.7 Å². The first kappa shape index (κ1) is 14.2. The van der Waals surface area contributed by atoms with E-state index in [1.807, 2.05) is 0 Å². The van der Waals surface area contributed by atoms with Gasteiger partial charge in [-0.3, -0.25) is 10.1 Å². The van der Waals surface area contributed by atoms with Gasteiger partial charge in [0.05, 0.1) is 0 Å². The van der Waals surface area contributed by atoms with Crippen molar-refractivity contribution in [2.24, 2.45) is 4.99 Å². The van der Waals surface area contributed by atoms with E-state index in [9.17, 15) is 9.59 Å². The van der Waals surface area contributed by atoms with Crippen LogP contribution in [0.1, 0.15) is 32.6 Å². The molecule has 1 N–H and O–H groups in total. The molecule has 3 aliphatic heterocycles. The number of imide groups is 1. The smallest absolute Gasteiger partial charge is 0.325 e. The van der Waals surface area contributed by atoms with Crippen molar-refractivity contribution in [2.75, 3.05) is 26.7 Å². The molecule has 7 heteroatoms. The molecule has 3 heterocycles. The number of guanidine groups is 1. The quantitative estimate of drug-likeness (QED) is 0.802. The normalized spacial score (nSPS) is 29.4. The summed E-state index contributed by atoms with van der Waals surface area (Å²) in [5.41, 5.74) is 0. The first-order chi connectivity index (χ1) is 10.1. The maximum Gasteiger partial charge on any atom is 0.325 e. The van der Waals surface area contributed by atoms with Gasteiger partial charge in [0.1, 0.15) is 0 Å². The standard InChI is InChI=1S/C14H23N5O2/c1-3-7-19-10-11(17(2)14(21)16-12(10)20)15-13(19)18-8-5-4-6-9-18/h10-11H,3-9H2,1-2H3,(H,16,20,21). The number of piperidine rings is 1. The Hall–Kier alpha value is -1.79. The zero-order valence-corrected chi connectivity index (χ0v) is 12.7. The molecule has 0 aromatic heterocycles. The Labute approximate surface area is 125 Å². The van der Waals surface area contributed by atoms with Gasteiger partial charge in [-0.1, -0.05) is 6.92 Å². The molecule has 2 unspecified atom stereocenters. The van der Waals surface area contributed by atoms with Crippen LogP contribution in [0.2, 0.25) is 0 Å². The molecule has 0 aliphatic carbocycles. The number of likely N-dealkylation sites (tertiary alicyclic amines) is 1. The number of hydrogen-bond acceptors (Lipinski definition) is 5. The molecule has 116 valence electrons. The van der Waals surface area contributed by atoms with E-state index in [4.69, 9.17) is 4.99 Å². The van der Waals surface area contributed by atoms with Gasteiger partial charge in [-0.2, -0.15) is 0 Å². The summed E-state index contributed by atoms with van der Waals surface area (Å²) in [5, 5.41) is 2.43. The van der Waals surface area contributed by atoms with Gasteiger partial charge in [-0.25, -0.2) is 9.79 Å². The Balaban J connectivity index is 1.90. The van der Waals surface area contributed by atoms with Crippen molar-refractivity contribution in [1.29, 1.82) is 0 Å². The summed E-state index contributed by atoms with van der Waals surface area (Å²) < 4.78 is 0. The molecule has 2 saturated heterocycles. The molecule has 2 fully saturated rings. The lowest BCUT2D eigenvalue weighted by molar-refractivity contribution is -0.127. The van der Waals surface area contributed by atoms with Crippen LogP contribution in [0.4, 0.5) is 4.79 Å². The molecule has 3 aliphatic rings. The Morgan fingerprint density at radius 2 is 1.95 bits per heavy atom.